The van der Waals surface area contributed by atoms with Gasteiger partial charge in [-0.3, -0.25) is 0 Å². The van der Waals surface area contributed by atoms with E-state index in [1.54, 1.807) is 0 Å². The third-order valence-corrected chi connectivity index (χ3v) is 1.67. The Hall–Kier alpha value is -0.975. The normalized spacial score (nSPS) is 12.9. The van der Waals surface area contributed by atoms with Gasteiger partial charge in [-0.05, 0) is 10.4 Å². The van der Waals surface area contributed by atoms with Gasteiger partial charge < -0.3 is 0 Å². The largest absolute Gasteiger partial charge is 0.175 e. The molecule has 1 aliphatic rings. The molecule has 0 saturated carbocycles. The van der Waals surface area contributed by atoms with Gasteiger partial charge in [0.25, 0.3) is 0 Å². The summed E-state index contributed by atoms with van der Waals surface area (Å²) in [5.41, 5.74) is 0. The van der Waals surface area contributed by atoms with Crippen LogP contribution in [0.3, 0.4) is 0 Å². The number of rotatable bonds is 0. The first-order valence-corrected chi connectivity index (χ1v) is 3.22. The quantitative estimate of drug-likeness (QED) is 0.403. The zero-order chi connectivity index (χ0) is 6.10. The van der Waals surface area contributed by atoms with Crippen molar-refractivity contribution >= 4 is 19.2 Å². The fourth-order valence-corrected chi connectivity index (χ4v) is 1.20. The average molecular weight is 114 g/mol. The second-order valence-electron chi connectivity index (χ2n) is 2.27. The van der Waals surface area contributed by atoms with E-state index in [9.17, 15) is 0 Å². The highest BCUT2D eigenvalue weighted by Crippen LogP contribution is 1.77. The Morgan fingerprint density at radius 2 is 1.44 bits per heavy atom. The van der Waals surface area contributed by atoms with E-state index in [4.69, 9.17) is 0 Å². The van der Waals surface area contributed by atoms with Crippen molar-refractivity contribution in [3.05, 3.63) is 34.7 Å². The van der Waals surface area contributed by atoms with Gasteiger partial charge in [0, 0.05) is 0 Å². The van der Waals surface area contributed by atoms with Crippen LogP contribution in [0.25, 0.3) is 12.0 Å². The van der Waals surface area contributed by atoms with Crippen molar-refractivity contribution in [1.82, 2.24) is 0 Å². The highest BCUT2D eigenvalue weighted by Gasteiger charge is 1.89. The summed E-state index contributed by atoms with van der Waals surface area (Å²) in [6, 6.07) is 8.46. The molecule has 1 heterocycles. The van der Waals surface area contributed by atoms with E-state index in [0.717, 1.165) is 7.28 Å². The zero-order valence-electron chi connectivity index (χ0n) is 5.17. The van der Waals surface area contributed by atoms with E-state index in [1.807, 2.05) is 0 Å². The van der Waals surface area contributed by atoms with Crippen LogP contribution < -0.4 is 10.4 Å². The summed E-state index contributed by atoms with van der Waals surface area (Å²) >= 11 is 0. The van der Waals surface area contributed by atoms with Crippen LogP contribution in [0.2, 0.25) is 0 Å². The molecule has 1 aromatic rings. The van der Waals surface area contributed by atoms with Crippen LogP contribution in [0.15, 0.2) is 24.3 Å². The lowest BCUT2D eigenvalue weighted by Crippen LogP contribution is -2.19. The molecule has 1 aromatic carbocycles. The molecule has 9 heavy (non-hydrogen) atoms. The monoisotopic (exact) mass is 114 g/mol. The Bertz CT molecular complexity index is 292. The molecule has 0 amide bonds. The molecule has 0 unspecified atom stereocenters. The van der Waals surface area contributed by atoms with Gasteiger partial charge in [-0.1, -0.05) is 24.3 Å². The predicted octanol–water partition coefficient (Wildman–Crippen LogP) is -0.387. The highest BCUT2D eigenvalue weighted by molar-refractivity contribution is 6.68. The molecule has 0 N–H and O–H groups in total. The molecule has 0 aromatic heterocycles. The minimum Gasteiger partial charge on any atom is -0.107 e. The smallest absolute Gasteiger partial charge is 0.107 e. The van der Waals surface area contributed by atoms with Crippen LogP contribution in [0.1, 0.15) is 0 Å². The average Bonchev–Trinajstić information content (AvgIpc) is 2.33. The predicted molar refractivity (Wildman–Crippen MR) is 41.8 cm³/mol. The first-order chi connectivity index (χ1) is 4.47. The first kappa shape index (κ1) is 4.86. The van der Waals surface area contributed by atoms with Crippen LogP contribution in [0.5, 0.6) is 0 Å². The fourth-order valence-electron chi connectivity index (χ4n) is 1.20. The SMILES string of the molecule is B1C=c2ccccc2=C1. The van der Waals surface area contributed by atoms with Gasteiger partial charge in [0.1, 0.15) is 0 Å². The molecule has 0 radical (unpaired) electrons. The number of fused-ring (bicyclic) bond motifs is 1. The van der Waals surface area contributed by atoms with Gasteiger partial charge in [0.05, 0.1) is 0 Å². The van der Waals surface area contributed by atoms with Crippen molar-refractivity contribution in [1.29, 1.82) is 0 Å². The topological polar surface area (TPSA) is 0 Å². The molecule has 2 rings (SSSR count). The van der Waals surface area contributed by atoms with Gasteiger partial charge in [-0.2, -0.15) is 0 Å². The van der Waals surface area contributed by atoms with Crippen LogP contribution in [0.4, 0.5) is 0 Å². The van der Waals surface area contributed by atoms with Crippen LogP contribution in [0, 0.1) is 0 Å². The number of hydrogen-bond acceptors (Lipinski definition) is 0. The van der Waals surface area contributed by atoms with Crippen LogP contribution in [-0.4, -0.2) is 7.28 Å². The van der Waals surface area contributed by atoms with E-state index in [1.165, 1.54) is 10.4 Å². The van der Waals surface area contributed by atoms with Crippen LogP contribution >= 0.6 is 0 Å². The minimum absolute atomic E-state index is 1.11. The Labute approximate surface area is 54.8 Å². The van der Waals surface area contributed by atoms with E-state index < -0.39 is 0 Å². The third kappa shape index (κ3) is 0.691. The zero-order valence-corrected chi connectivity index (χ0v) is 5.17. The highest BCUT2D eigenvalue weighted by atomic mass is 13.8. The summed E-state index contributed by atoms with van der Waals surface area (Å²) in [5, 5.41) is 2.77. The lowest BCUT2D eigenvalue weighted by Gasteiger charge is -1.80. The Kier molecular flexibility index (Phi) is 0.953. The van der Waals surface area contributed by atoms with Crippen molar-refractivity contribution in [3.63, 3.8) is 0 Å². The molecule has 0 bridgehead atoms. The summed E-state index contributed by atoms with van der Waals surface area (Å²) in [6.07, 6.45) is 0. The molecular formula is C8H7B. The summed E-state index contributed by atoms with van der Waals surface area (Å²) in [4.78, 5) is 0. The van der Waals surface area contributed by atoms with Crippen LogP contribution in [-0.2, 0) is 0 Å². The number of hydrogen-bond donors (Lipinski definition) is 0. The second-order valence-corrected chi connectivity index (χ2v) is 2.27. The standard InChI is InChI=1S/C8H7B/c1-2-4-8-6-9-5-7(8)3-1/h1-6,9H. The maximum absolute atomic E-state index is 2.25. The molecule has 0 saturated heterocycles. The molecule has 1 aliphatic heterocycles. The second kappa shape index (κ2) is 1.76. The summed E-state index contributed by atoms with van der Waals surface area (Å²) in [6.45, 7) is 0. The molecule has 0 fully saturated rings. The van der Waals surface area contributed by atoms with Gasteiger partial charge in [0.2, 0.25) is 0 Å². The van der Waals surface area contributed by atoms with Gasteiger partial charge >= 0.3 is 0 Å². The van der Waals surface area contributed by atoms with Crippen molar-refractivity contribution in [2.75, 3.05) is 0 Å². The molecule has 42 valence electrons. The van der Waals surface area contributed by atoms with E-state index in [0.29, 0.717) is 0 Å². The minimum atomic E-state index is 1.11. The van der Waals surface area contributed by atoms with Crippen molar-refractivity contribution < 1.29 is 0 Å². The first-order valence-electron chi connectivity index (χ1n) is 3.22. The Morgan fingerprint density at radius 1 is 0.889 bits per heavy atom. The van der Waals surface area contributed by atoms with Crippen molar-refractivity contribution in [3.8, 4) is 0 Å². The lowest BCUT2D eigenvalue weighted by atomic mass is 9.82. The van der Waals surface area contributed by atoms with Gasteiger partial charge in [-0.25, -0.2) is 0 Å². The van der Waals surface area contributed by atoms with Crippen molar-refractivity contribution in [2.24, 2.45) is 0 Å². The molecule has 0 nitrogen and oxygen atoms in total. The van der Waals surface area contributed by atoms with Crippen molar-refractivity contribution in [2.45, 2.75) is 0 Å². The number of benzene rings is 1. The fraction of sp³-hybridized carbons (Fsp3) is 0. The third-order valence-electron chi connectivity index (χ3n) is 1.67. The van der Waals surface area contributed by atoms with Gasteiger partial charge in [-0.15, -0.1) is 12.0 Å². The maximum atomic E-state index is 2.25. The molecule has 1 heteroatoms. The molecule has 0 atom stereocenters. The van der Waals surface area contributed by atoms with Gasteiger partial charge in [0.15, 0.2) is 7.28 Å². The summed E-state index contributed by atoms with van der Waals surface area (Å²) in [7, 11) is 1.11. The maximum Gasteiger partial charge on any atom is 0.175 e. The summed E-state index contributed by atoms with van der Waals surface area (Å²) < 4.78 is 0. The van der Waals surface area contributed by atoms with E-state index in [2.05, 4.69) is 36.2 Å². The Balaban J connectivity index is 2.97. The van der Waals surface area contributed by atoms with E-state index >= 15 is 0 Å². The molecule has 0 aliphatic carbocycles. The molecular weight excluding hydrogens is 107 g/mol. The lowest BCUT2D eigenvalue weighted by molar-refractivity contribution is 1.55. The summed E-state index contributed by atoms with van der Waals surface area (Å²) in [5.74, 6) is 4.49. The van der Waals surface area contributed by atoms with E-state index in [-0.39, 0.29) is 0 Å². The Morgan fingerprint density at radius 3 is 2.00 bits per heavy atom. The molecule has 0 spiro atoms.